The molecule has 0 radical (unpaired) electrons. The lowest BCUT2D eigenvalue weighted by atomic mass is 10.1. The van der Waals surface area contributed by atoms with E-state index in [9.17, 15) is 0 Å². The van der Waals surface area contributed by atoms with E-state index in [1.807, 2.05) is 19.1 Å². The number of rotatable bonds is 1. The van der Waals surface area contributed by atoms with Crippen molar-refractivity contribution in [3.63, 3.8) is 0 Å². The minimum absolute atomic E-state index is 0.775. The summed E-state index contributed by atoms with van der Waals surface area (Å²) >= 11 is 10.0. The zero-order chi connectivity index (χ0) is 13.4. The van der Waals surface area contributed by atoms with Crippen LogP contribution in [0.2, 0.25) is 5.02 Å². The van der Waals surface area contributed by atoms with E-state index in [4.69, 9.17) is 11.6 Å². The third kappa shape index (κ3) is 2.45. The van der Waals surface area contributed by atoms with Crippen LogP contribution in [-0.2, 0) is 0 Å². The Kier molecular flexibility index (Phi) is 3.65. The second-order valence-electron chi connectivity index (χ2n) is 4.76. The maximum atomic E-state index is 6.51. The van der Waals surface area contributed by atoms with Crippen molar-refractivity contribution in [2.45, 2.75) is 6.92 Å². The number of nitrogens with one attached hydrogen (secondary N) is 1. The van der Waals surface area contributed by atoms with Crippen molar-refractivity contribution in [1.29, 1.82) is 0 Å². The first kappa shape index (κ1) is 13.2. The Hall–Kier alpha value is -0.840. The smallest absolute Gasteiger partial charge is 0.0858 e. The summed E-state index contributed by atoms with van der Waals surface area (Å²) in [4.78, 5) is 6.94. The van der Waals surface area contributed by atoms with Gasteiger partial charge in [0.15, 0.2) is 0 Å². The van der Waals surface area contributed by atoms with Gasteiger partial charge in [0.25, 0.3) is 0 Å². The summed E-state index contributed by atoms with van der Waals surface area (Å²) in [7, 11) is 0. The van der Waals surface area contributed by atoms with Gasteiger partial charge in [-0.3, -0.25) is 4.98 Å². The molecule has 0 bridgehead atoms. The van der Waals surface area contributed by atoms with Gasteiger partial charge in [-0.1, -0.05) is 27.5 Å². The Morgan fingerprint density at radius 1 is 1.32 bits per heavy atom. The second-order valence-corrected chi connectivity index (χ2v) is 6.05. The molecule has 19 heavy (non-hydrogen) atoms. The molecule has 1 aliphatic heterocycles. The molecule has 1 N–H and O–H groups in total. The van der Waals surface area contributed by atoms with Gasteiger partial charge < -0.3 is 10.2 Å². The molecule has 1 saturated heterocycles. The van der Waals surface area contributed by atoms with E-state index >= 15 is 0 Å². The van der Waals surface area contributed by atoms with Crippen molar-refractivity contribution in [2.24, 2.45) is 0 Å². The minimum atomic E-state index is 0.775. The molecular formula is C14H15BrClN3. The van der Waals surface area contributed by atoms with Crippen molar-refractivity contribution in [2.75, 3.05) is 31.1 Å². The highest BCUT2D eigenvalue weighted by atomic mass is 79.9. The normalized spacial score (nSPS) is 16.1. The molecule has 0 aliphatic carbocycles. The van der Waals surface area contributed by atoms with Crippen LogP contribution in [0.15, 0.2) is 22.7 Å². The number of piperazine rings is 1. The number of pyridine rings is 1. The van der Waals surface area contributed by atoms with E-state index in [1.54, 1.807) is 0 Å². The second kappa shape index (κ2) is 5.27. The highest BCUT2D eigenvalue weighted by molar-refractivity contribution is 9.10. The van der Waals surface area contributed by atoms with Gasteiger partial charge in [-0.15, -0.1) is 0 Å². The first-order valence-corrected chi connectivity index (χ1v) is 7.55. The van der Waals surface area contributed by atoms with E-state index in [0.717, 1.165) is 58.0 Å². The largest absolute Gasteiger partial charge is 0.367 e. The molecule has 1 aromatic carbocycles. The van der Waals surface area contributed by atoms with Crippen LogP contribution < -0.4 is 10.2 Å². The summed E-state index contributed by atoms with van der Waals surface area (Å²) in [6.45, 7) is 5.92. The highest BCUT2D eigenvalue weighted by Gasteiger charge is 2.19. The number of halogens is 2. The first-order valence-electron chi connectivity index (χ1n) is 6.38. The van der Waals surface area contributed by atoms with Gasteiger partial charge in [0, 0.05) is 36.0 Å². The summed E-state index contributed by atoms with van der Waals surface area (Å²) in [5.74, 6) is 0. The van der Waals surface area contributed by atoms with Crippen molar-refractivity contribution >= 4 is 44.1 Å². The number of benzene rings is 1. The number of anilines is 1. The molecule has 1 fully saturated rings. The minimum Gasteiger partial charge on any atom is -0.367 e. The fraction of sp³-hybridized carbons (Fsp3) is 0.357. The van der Waals surface area contributed by atoms with Gasteiger partial charge in [0.05, 0.1) is 21.9 Å². The Bertz CT molecular complexity index is 624. The van der Waals surface area contributed by atoms with Crippen molar-refractivity contribution in [3.8, 4) is 0 Å². The fourth-order valence-corrected chi connectivity index (χ4v) is 3.13. The molecule has 0 unspecified atom stereocenters. The Balaban J connectivity index is 2.22. The molecular weight excluding hydrogens is 326 g/mol. The number of aromatic nitrogens is 1. The van der Waals surface area contributed by atoms with Crippen LogP contribution in [0.3, 0.4) is 0 Å². The summed E-state index contributed by atoms with van der Waals surface area (Å²) in [5.41, 5.74) is 3.00. The lowest BCUT2D eigenvalue weighted by Crippen LogP contribution is -2.43. The van der Waals surface area contributed by atoms with Crippen LogP contribution in [0.5, 0.6) is 0 Å². The topological polar surface area (TPSA) is 28.2 Å². The molecule has 0 saturated carbocycles. The zero-order valence-corrected chi connectivity index (χ0v) is 13.1. The Morgan fingerprint density at radius 3 is 2.79 bits per heavy atom. The number of fused-ring (bicyclic) bond motifs is 1. The van der Waals surface area contributed by atoms with Crippen LogP contribution in [0.25, 0.3) is 10.9 Å². The van der Waals surface area contributed by atoms with Crippen LogP contribution in [0.1, 0.15) is 5.69 Å². The summed E-state index contributed by atoms with van der Waals surface area (Å²) < 4.78 is 1.04. The third-order valence-electron chi connectivity index (χ3n) is 3.46. The van der Waals surface area contributed by atoms with E-state index in [2.05, 4.69) is 37.2 Å². The van der Waals surface area contributed by atoms with Crippen molar-refractivity contribution < 1.29 is 0 Å². The van der Waals surface area contributed by atoms with Gasteiger partial charge in [-0.05, 0) is 25.1 Å². The molecule has 0 atom stereocenters. The number of nitrogens with zero attached hydrogens (tertiary/aromatic N) is 2. The molecule has 3 nitrogen and oxygen atoms in total. The number of hydrogen-bond donors (Lipinski definition) is 1. The van der Waals surface area contributed by atoms with Crippen LogP contribution in [-0.4, -0.2) is 31.2 Å². The maximum absolute atomic E-state index is 6.51. The predicted octanol–water partition coefficient (Wildman–Crippen LogP) is 3.37. The third-order valence-corrected chi connectivity index (χ3v) is 4.41. The van der Waals surface area contributed by atoms with Crippen LogP contribution in [0, 0.1) is 6.92 Å². The van der Waals surface area contributed by atoms with Crippen LogP contribution >= 0.6 is 27.5 Å². The lowest BCUT2D eigenvalue weighted by Gasteiger charge is -2.31. The van der Waals surface area contributed by atoms with Crippen molar-refractivity contribution in [3.05, 3.63) is 33.4 Å². The summed E-state index contributed by atoms with van der Waals surface area (Å²) in [6.07, 6.45) is 0. The van der Waals surface area contributed by atoms with E-state index in [1.165, 1.54) is 0 Å². The first-order chi connectivity index (χ1) is 9.16. The average Bonchev–Trinajstić information content (AvgIpc) is 2.41. The zero-order valence-electron chi connectivity index (χ0n) is 10.7. The molecule has 0 spiro atoms. The van der Waals surface area contributed by atoms with E-state index in [0.29, 0.717) is 0 Å². The Labute approximate surface area is 126 Å². The van der Waals surface area contributed by atoms with Gasteiger partial charge in [-0.25, -0.2) is 0 Å². The van der Waals surface area contributed by atoms with E-state index < -0.39 is 0 Å². The van der Waals surface area contributed by atoms with E-state index in [-0.39, 0.29) is 0 Å². The molecule has 100 valence electrons. The van der Waals surface area contributed by atoms with Gasteiger partial charge in [0.2, 0.25) is 0 Å². The average molecular weight is 341 g/mol. The van der Waals surface area contributed by atoms with Gasteiger partial charge in [-0.2, -0.15) is 0 Å². The summed E-state index contributed by atoms with van der Waals surface area (Å²) in [6, 6.07) is 6.18. The summed E-state index contributed by atoms with van der Waals surface area (Å²) in [5, 5.41) is 5.27. The number of aryl methyl sites for hydroxylation is 1. The predicted molar refractivity (Wildman–Crippen MR) is 84.3 cm³/mol. The molecule has 0 amide bonds. The molecule has 3 rings (SSSR count). The molecule has 2 aromatic rings. The quantitative estimate of drug-likeness (QED) is 0.863. The van der Waals surface area contributed by atoms with Crippen molar-refractivity contribution in [1.82, 2.24) is 10.3 Å². The SMILES string of the molecule is Cc1nc2cc(Br)ccc2c(N2CCNCC2)c1Cl. The Morgan fingerprint density at radius 2 is 2.05 bits per heavy atom. The molecule has 5 heteroatoms. The molecule has 1 aliphatic rings. The van der Waals surface area contributed by atoms with Crippen LogP contribution in [0.4, 0.5) is 5.69 Å². The van der Waals surface area contributed by atoms with Gasteiger partial charge in [0.1, 0.15) is 0 Å². The lowest BCUT2D eigenvalue weighted by molar-refractivity contribution is 0.590. The highest BCUT2D eigenvalue weighted by Crippen LogP contribution is 2.36. The standard InChI is InChI=1S/C14H15BrClN3/c1-9-13(16)14(19-6-4-17-5-7-19)11-3-2-10(15)8-12(11)18-9/h2-3,8,17H,4-7H2,1H3. The molecule has 1 aromatic heterocycles. The molecule has 2 heterocycles. The van der Waals surface area contributed by atoms with Gasteiger partial charge >= 0.3 is 0 Å². The number of hydrogen-bond acceptors (Lipinski definition) is 3. The fourth-order valence-electron chi connectivity index (χ4n) is 2.51. The monoisotopic (exact) mass is 339 g/mol. The maximum Gasteiger partial charge on any atom is 0.0858 e.